The molecule has 127 valence electrons. The summed E-state index contributed by atoms with van der Waals surface area (Å²) in [6.07, 6.45) is -0.822. The van der Waals surface area contributed by atoms with Gasteiger partial charge in [0.1, 0.15) is 5.69 Å². The van der Waals surface area contributed by atoms with Crippen LogP contribution in [-0.2, 0) is 0 Å². The first-order valence-corrected chi connectivity index (χ1v) is 7.27. The summed E-state index contributed by atoms with van der Waals surface area (Å²) < 4.78 is 39.2. The van der Waals surface area contributed by atoms with E-state index in [-0.39, 0.29) is 39.3 Å². The number of hydrogen-bond donors (Lipinski definition) is 1. The lowest BCUT2D eigenvalue weighted by atomic mass is 9.96. The largest absolute Gasteiger partial charge is 0.396 e. The number of fused-ring (bicyclic) bond motifs is 1. The topological polar surface area (TPSA) is 81.8 Å². The quantitative estimate of drug-likeness (QED) is 0.769. The minimum absolute atomic E-state index is 0.0234. The van der Waals surface area contributed by atoms with E-state index in [2.05, 4.69) is 15.0 Å². The van der Waals surface area contributed by atoms with Crippen LogP contribution in [0.4, 0.5) is 13.2 Å². The predicted molar refractivity (Wildman–Crippen MR) is 85.8 cm³/mol. The molecule has 2 aromatic heterocycles. The Balaban J connectivity index is 2.45. The molecule has 0 unspecified atom stereocenters. The maximum atomic E-state index is 13.1. The molecule has 0 atom stereocenters. The van der Waals surface area contributed by atoms with Gasteiger partial charge < -0.3 is 5.73 Å². The van der Waals surface area contributed by atoms with Crippen LogP contribution >= 0.6 is 11.6 Å². The number of hydrogen-bond acceptors (Lipinski definition) is 4. The van der Waals surface area contributed by atoms with Gasteiger partial charge in [-0.1, -0.05) is 23.7 Å². The van der Waals surface area contributed by atoms with Crippen LogP contribution in [0.25, 0.3) is 22.3 Å². The van der Waals surface area contributed by atoms with Gasteiger partial charge in [0.2, 0.25) is 5.91 Å². The molecule has 0 aliphatic heterocycles. The number of carbonyl (C=O) groups excluding carboxylic acids is 1. The Morgan fingerprint density at radius 1 is 1.24 bits per heavy atom. The van der Waals surface area contributed by atoms with E-state index in [1.807, 2.05) is 0 Å². The SMILES string of the molecule is NC(=O)c1c([CH]C(F)(F)F)c(-c2cnccn2)nc2c(Cl)cccc12. The lowest BCUT2D eigenvalue weighted by Gasteiger charge is -2.16. The van der Waals surface area contributed by atoms with Gasteiger partial charge in [-0.05, 0) is 6.07 Å². The molecule has 0 aliphatic rings. The number of nitrogens with two attached hydrogens (primary N) is 1. The number of alkyl halides is 3. The van der Waals surface area contributed by atoms with Crippen molar-refractivity contribution < 1.29 is 18.0 Å². The van der Waals surface area contributed by atoms with Crippen molar-refractivity contribution in [3.63, 3.8) is 0 Å². The summed E-state index contributed by atoms with van der Waals surface area (Å²) in [6.45, 7) is 0. The third-order valence-electron chi connectivity index (χ3n) is 3.36. The van der Waals surface area contributed by atoms with Crippen molar-refractivity contribution in [3.8, 4) is 11.4 Å². The highest BCUT2D eigenvalue weighted by Crippen LogP contribution is 2.36. The van der Waals surface area contributed by atoms with Gasteiger partial charge in [-0.2, -0.15) is 13.2 Å². The number of nitrogens with zero attached hydrogens (tertiary/aromatic N) is 3. The van der Waals surface area contributed by atoms with Crippen molar-refractivity contribution in [1.29, 1.82) is 0 Å². The number of primary amides is 1. The van der Waals surface area contributed by atoms with Gasteiger partial charge >= 0.3 is 6.18 Å². The molecular formula is C16H9ClF3N4O. The Labute approximate surface area is 144 Å². The molecule has 3 aromatic rings. The smallest absolute Gasteiger partial charge is 0.366 e. The number of carbonyl (C=O) groups is 1. The van der Waals surface area contributed by atoms with Crippen LogP contribution < -0.4 is 5.73 Å². The fourth-order valence-corrected chi connectivity index (χ4v) is 2.67. The number of halogens is 4. The van der Waals surface area contributed by atoms with E-state index in [0.29, 0.717) is 0 Å². The minimum Gasteiger partial charge on any atom is -0.366 e. The second-order valence-corrected chi connectivity index (χ2v) is 5.43. The number of rotatable bonds is 3. The maximum absolute atomic E-state index is 13.1. The van der Waals surface area contributed by atoms with Crippen LogP contribution in [0, 0.1) is 6.42 Å². The lowest BCUT2D eigenvalue weighted by Crippen LogP contribution is -2.20. The first-order valence-electron chi connectivity index (χ1n) is 6.89. The van der Waals surface area contributed by atoms with Crippen molar-refractivity contribution in [1.82, 2.24) is 15.0 Å². The third-order valence-corrected chi connectivity index (χ3v) is 3.67. The highest BCUT2D eigenvalue weighted by atomic mass is 35.5. The van der Waals surface area contributed by atoms with Gasteiger partial charge in [0.25, 0.3) is 0 Å². The Morgan fingerprint density at radius 3 is 2.60 bits per heavy atom. The standard InChI is InChI=1S/C16H9ClF3N4O/c17-10-3-1-2-8-12(15(21)25)9(6-16(18,19)20)14(24-13(8)10)11-7-22-4-5-23-11/h1-7H,(H2,21,25). The van der Waals surface area contributed by atoms with Crippen LogP contribution in [0.1, 0.15) is 15.9 Å². The minimum atomic E-state index is -4.70. The molecule has 3 rings (SSSR count). The maximum Gasteiger partial charge on any atom is 0.396 e. The Kier molecular flexibility index (Phi) is 4.30. The highest BCUT2D eigenvalue weighted by molar-refractivity contribution is 6.35. The monoisotopic (exact) mass is 365 g/mol. The van der Waals surface area contributed by atoms with Crippen LogP contribution in [-0.4, -0.2) is 27.0 Å². The van der Waals surface area contributed by atoms with Crippen LogP contribution in [0.15, 0.2) is 36.8 Å². The zero-order chi connectivity index (χ0) is 18.2. The third kappa shape index (κ3) is 3.39. The van der Waals surface area contributed by atoms with Crippen molar-refractivity contribution in [2.45, 2.75) is 6.18 Å². The first-order chi connectivity index (χ1) is 11.8. The summed E-state index contributed by atoms with van der Waals surface area (Å²) in [6, 6.07) is 4.44. The van der Waals surface area contributed by atoms with Crippen molar-refractivity contribution in [2.24, 2.45) is 5.73 Å². The molecule has 9 heteroatoms. The molecular weight excluding hydrogens is 357 g/mol. The van der Waals surface area contributed by atoms with E-state index in [1.165, 1.54) is 36.8 Å². The molecule has 5 nitrogen and oxygen atoms in total. The summed E-state index contributed by atoms with van der Waals surface area (Å²) in [7, 11) is 0. The molecule has 25 heavy (non-hydrogen) atoms. The van der Waals surface area contributed by atoms with E-state index >= 15 is 0 Å². The van der Waals surface area contributed by atoms with Crippen molar-refractivity contribution in [3.05, 3.63) is 59.4 Å². The molecule has 0 aliphatic carbocycles. The summed E-state index contributed by atoms with van der Waals surface area (Å²) in [5.41, 5.74) is 4.59. The molecule has 1 amide bonds. The average Bonchev–Trinajstić information content (AvgIpc) is 2.53. The molecule has 2 N–H and O–H groups in total. The Hall–Kier alpha value is -2.74. The van der Waals surface area contributed by atoms with E-state index in [9.17, 15) is 18.0 Å². The zero-order valence-corrected chi connectivity index (χ0v) is 13.1. The van der Waals surface area contributed by atoms with Gasteiger partial charge in [0, 0.05) is 23.3 Å². The van der Waals surface area contributed by atoms with Gasteiger partial charge in [-0.25, -0.2) is 4.98 Å². The van der Waals surface area contributed by atoms with Crippen LogP contribution in [0.5, 0.6) is 0 Å². The summed E-state index contributed by atoms with van der Waals surface area (Å²) >= 11 is 6.10. The second kappa shape index (κ2) is 6.29. The number of para-hydroxylation sites is 1. The first kappa shape index (κ1) is 17.1. The van der Waals surface area contributed by atoms with Gasteiger partial charge in [-0.15, -0.1) is 0 Å². The molecule has 0 spiro atoms. The molecule has 0 saturated heterocycles. The fourth-order valence-electron chi connectivity index (χ4n) is 2.45. The van der Waals surface area contributed by atoms with Crippen LogP contribution in [0.3, 0.4) is 0 Å². The summed E-state index contributed by atoms with van der Waals surface area (Å²) in [4.78, 5) is 23.9. The molecule has 0 saturated carbocycles. The van der Waals surface area contributed by atoms with E-state index in [0.717, 1.165) is 0 Å². The fraction of sp³-hybridized carbons (Fsp3) is 0.0625. The van der Waals surface area contributed by atoms with Crippen LogP contribution in [0.2, 0.25) is 5.02 Å². The van der Waals surface area contributed by atoms with Gasteiger partial charge in [0.05, 0.1) is 34.4 Å². The van der Waals surface area contributed by atoms with Gasteiger partial charge in [0.15, 0.2) is 0 Å². The summed E-state index contributed by atoms with van der Waals surface area (Å²) in [5, 5.41) is 0.298. The highest BCUT2D eigenvalue weighted by Gasteiger charge is 2.34. The predicted octanol–water partition coefficient (Wildman–Crippen LogP) is 3.56. The van der Waals surface area contributed by atoms with Crippen molar-refractivity contribution >= 4 is 28.4 Å². The molecule has 2 heterocycles. The van der Waals surface area contributed by atoms with Gasteiger partial charge in [-0.3, -0.25) is 14.8 Å². The Bertz CT molecular complexity index is 961. The van der Waals surface area contributed by atoms with E-state index < -0.39 is 17.6 Å². The zero-order valence-electron chi connectivity index (χ0n) is 12.4. The molecule has 0 bridgehead atoms. The van der Waals surface area contributed by atoms with E-state index in [4.69, 9.17) is 17.3 Å². The average molecular weight is 366 g/mol. The normalized spacial score (nSPS) is 11.7. The molecule has 1 aromatic carbocycles. The lowest BCUT2D eigenvalue weighted by molar-refractivity contribution is -0.0927. The second-order valence-electron chi connectivity index (χ2n) is 5.03. The number of pyridine rings is 1. The van der Waals surface area contributed by atoms with Crippen molar-refractivity contribution in [2.75, 3.05) is 0 Å². The number of aromatic nitrogens is 3. The number of amides is 1. The molecule has 0 fully saturated rings. The summed E-state index contributed by atoms with van der Waals surface area (Å²) in [5.74, 6) is -1.03. The number of benzene rings is 1. The van der Waals surface area contributed by atoms with E-state index in [1.54, 1.807) is 0 Å². The Morgan fingerprint density at radius 2 is 2.00 bits per heavy atom. The molecule has 1 radical (unpaired) electrons.